The van der Waals surface area contributed by atoms with Gasteiger partial charge < -0.3 is 9.84 Å². The highest BCUT2D eigenvalue weighted by Gasteiger charge is 2.22. The van der Waals surface area contributed by atoms with Gasteiger partial charge in [0, 0.05) is 0 Å². The molecular formula is C14H26O4. The average Bonchev–Trinajstić information content (AvgIpc) is 2.35. The number of aliphatic carboxylic acids is 1. The first-order chi connectivity index (χ1) is 8.54. The first-order valence-corrected chi connectivity index (χ1v) is 6.93. The van der Waals surface area contributed by atoms with Crippen molar-refractivity contribution in [3.05, 3.63) is 0 Å². The van der Waals surface area contributed by atoms with E-state index in [1.165, 1.54) is 0 Å². The van der Waals surface area contributed by atoms with Crippen LogP contribution in [0.25, 0.3) is 0 Å². The number of ether oxygens (including phenoxy) is 1. The van der Waals surface area contributed by atoms with Gasteiger partial charge in [-0.15, -0.1) is 0 Å². The van der Waals surface area contributed by atoms with Crippen LogP contribution in [-0.2, 0) is 14.3 Å². The molecule has 106 valence electrons. The van der Waals surface area contributed by atoms with E-state index in [-0.39, 0.29) is 12.4 Å². The van der Waals surface area contributed by atoms with Gasteiger partial charge in [0.25, 0.3) is 0 Å². The van der Waals surface area contributed by atoms with Gasteiger partial charge in [0.15, 0.2) is 0 Å². The third-order valence-corrected chi connectivity index (χ3v) is 3.25. The molecule has 0 saturated heterocycles. The number of carbonyl (C=O) groups is 2. The predicted octanol–water partition coefficient (Wildman–Crippen LogP) is 3.25. The summed E-state index contributed by atoms with van der Waals surface area (Å²) in [5.74, 6) is -1.42. The molecule has 0 heterocycles. The number of esters is 1. The van der Waals surface area contributed by atoms with Gasteiger partial charge in [-0.05, 0) is 18.8 Å². The summed E-state index contributed by atoms with van der Waals surface area (Å²) in [5, 5.41) is 8.70. The van der Waals surface area contributed by atoms with Gasteiger partial charge >= 0.3 is 11.9 Å². The van der Waals surface area contributed by atoms with E-state index in [1.54, 1.807) is 0 Å². The number of hydrogen-bond donors (Lipinski definition) is 1. The van der Waals surface area contributed by atoms with Crippen LogP contribution in [0.1, 0.15) is 59.3 Å². The van der Waals surface area contributed by atoms with Crippen molar-refractivity contribution in [1.82, 2.24) is 0 Å². The summed E-state index contributed by atoms with van der Waals surface area (Å²) in [6.45, 7) is 6.45. The smallest absolute Gasteiger partial charge is 0.309 e. The largest absolute Gasteiger partial charge is 0.481 e. The van der Waals surface area contributed by atoms with Gasteiger partial charge in [0.05, 0.1) is 18.9 Å². The summed E-state index contributed by atoms with van der Waals surface area (Å²) in [6.07, 6.45) is 4.71. The molecule has 0 amide bonds. The Hall–Kier alpha value is -1.06. The maximum atomic E-state index is 11.7. The first-order valence-electron chi connectivity index (χ1n) is 6.93. The summed E-state index contributed by atoms with van der Waals surface area (Å²) in [7, 11) is 0. The van der Waals surface area contributed by atoms with Crippen molar-refractivity contribution in [1.29, 1.82) is 0 Å². The number of hydrogen-bond acceptors (Lipinski definition) is 3. The molecule has 0 fully saturated rings. The Balaban J connectivity index is 4.07. The van der Waals surface area contributed by atoms with Crippen LogP contribution in [0, 0.1) is 11.8 Å². The van der Waals surface area contributed by atoms with Gasteiger partial charge in [-0.25, -0.2) is 0 Å². The summed E-state index contributed by atoms with van der Waals surface area (Å²) in [6, 6.07) is 0. The molecule has 18 heavy (non-hydrogen) atoms. The Labute approximate surface area is 110 Å². The minimum absolute atomic E-state index is 0.138. The minimum Gasteiger partial charge on any atom is -0.481 e. The molecule has 0 saturated carbocycles. The van der Waals surface area contributed by atoms with Gasteiger partial charge in [-0.2, -0.15) is 0 Å². The molecule has 0 aromatic heterocycles. The molecule has 1 N–H and O–H groups in total. The highest BCUT2D eigenvalue weighted by atomic mass is 16.5. The highest BCUT2D eigenvalue weighted by Crippen LogP contribution is 2.16. The molecule has 0 spiro atoms. The van der Waals surface area contributed by atoms with Crippen LogP contribution in [0.3, 0.4) is 0 Å². The Bertz CT molecular complexity index is 250. The SMILES string of the molecule is CCCCC(CC)COC(=O)C(CC)CC(=O)O. The van der Waals surface area contributed by atoms with Crippen LogP contribution in [0.5, 0.6) is 0 Å². The van der Waals surface area contributed by atoms with E-state index >= 15 is 0 Å². The van der Waals surface area contributed by atoms with Crippen molar-refractivity contribution < 1.29 is 19.4 Å². The summed E-state index contributed by atoms with van der Waals surface area (Å²) >= 11 is 0. The molecule has 2 atom stereocenters. The molecule has 0 bridgehead atoms. The lowest BCUT2D eigenvalue weighted by Crippen LogP contribution is -2.23. The van der Waals surface area contributed by atoms with Crippen LogP contribution < -0.4 is 0 Å². The number of rotatable bonds is 10. The predicted molar refractivity (Wildman–Crippen MR) is 70.3 cm³/mol. The molecular weight excluding hydrogens is 232 g/mol. The maximum Gasteiger partial charge on any atom is 0.309 e. The second-order valence-electron chi connectivity index (χ2n) is 4.75. The van der Waals surface area contributed by atoms with E-state index in [2.05, 4.69) is 13.8 Å². The van der Waals surface area contributed by atoms with E-state index in [0.29, 0.717) is 18.9 Å². The quantitative estimate of drug-likeness (QED) is 0.611. The third kappa shape index (κ3) is 7.30. The fraction of sp³-hybridized carbons (Fsp3) is 0.857. The molecule has 0 aromatic carbocycles. The first kappa shape index (κ1) is 16.9. The van der Waals surface area contributed by atoms with Crippen LogP contribution >= 0.6 is 0 Å². The minimum atomic E-state index is -0.947. The molecule has 4 nitrogen and oxygen atoms in total. The van der Waals surface area contributed by atoms with Crippen LogP contribution in [0.2, 0.25) is 0 Å². The van der Waals surface area contributed by atoms with Crippen molar-refractivity contribution in [3.8, 4) is 0 Å². The van der Waals surface area contributed by atoms with Crippen molar-refractivity contribution >= 4 is 11.9 Å². The van der Waals surface area contributed by atoms with E-state index in [1.807, 2.05) is 6.92 Å². The summed E-state index contributed by atoms with van der Waals surface area (Å²) in [5.41, 5.74) is 0. The fourth-order valence-corrected chi connectivity index (χ4v) is 1.82. The van der Waals surface area contributed by atoms with Gasteiger partial charge in [-0.1, -0.05) is 40.0 Å². The van der Waals surface area contributed by atoms with E-state index in [4.69, 9.17) is 9.84 Å². The summed E-state index contributed by atoms with van der Waals surface area (Å²) < 4.78 is 5.24. The molecule has 4 heteroatoms. The lowest BCUT2D eigenvalue weighted by atomic mass is 10.00. The topological polar surface area (TPSA) is 63.6 Å². The standard InChI is InChI=1S/C14H26O4/c1-4-7-8-11(5-2)10-18-14(17)12(6-3)9-13(15)16/h11-12H,4-10H2,1-3H3,(H,15,16). The van der Waals surface area contributed by atoms with Crippen molar-refractivity contribution in [2.45, 2.75) is 59.3 Å². The number of carbonyl (C=O) groups excluding carboxylic acids is 1. The number of carboxylic acid groups (broad SMARTS) is 1. The zero-order valence-electron chi connectivity index (χ0n) is 11.8. The van der Waals surface area contributed by atoms with Gasteiger partial charge in [-0.3, -0.25) is 9.59 Å². The Morgan fingerprint density at radius 1 is 1.17 bits per heavy atom. The van der Waals surface area contributed by atoms with E-state index < -0.39 is 11.9 Å². The van der Waals surface area contributed by atoms with Crippen molar-refractivity contribution in [3.63, 3.8) is 0 Å². The lowest BCUT2D eigenvalue weighted by Gasteiger charge is -2.17. The monoisotopic (exact) mass is 258 g/mol. The molecule has 0 aliphatic heterocycles. The Kier molecular flexibility index (Phi) is 9.33. The van der Waals surface area contributed by atoms with Crippen LogP contribution in [0.4, 0.5) is 0 Å². The third-order valence-electron chi connectivity index (χ3n) is 3.25. The summed E-state index contributed by atoms with van der Waals surface area (Å²) in [4.78, 5) is 22.3. The molecule has 0 aliphatic carbocycles. The normalized spacial score (nSPS) is 13.9. The zero-order valence-corrected chi connectivity index (χ0v) is 11.8. The number of carboxylic acids is 1. The zero-order chi connectivity index (χ0) is 14.0. The molecule has 0 radical (unpaired) electrons. The van der Waals surface area contributed by atoms with Gasteiger partial charge in [0.2, 0.25) is 0 Å². The second-order valence-corrected chi connectivity index (χ2v) is 4.75. The second kappa shape index (κ2) is 9.92. The van der Waals surface area contributed by atoms with E-state index in [9.17, 15) is 9.59 Å². The molecule has 0 rings (SSSR count). The Morgan fingerprint density at radius 3 is 2.28 bits per heavy atom. The van der Waals surface area contributed by atoms with Crippen molar-refractivity contribution in [2.24, 2.45) is 11.8 Å². The maximum absolute atomic E-state index is 11.7. The lowest BCUT2D eigenvalue weighted by molar-refractivity contribution is -0.154. The van der Waals surface area contributed by atoms with Gasteiger partial charge in [0.1, 0.15) is 0 Å². The van der Waals surface area contributed by atoms with Crippen LogP contribution in [-0.4, -0.2) is 23.7 Å². The highest BCUT2D eigenvalue weighted by molar-refractivity contribution is 5.78. The Morgan fingerprint density at radius 2 is 1.83 bits per heavy atom. The fourth-order valence-electron chi connectivity index (χ4n) is 1.82. The molecule has 0 aliphatic rings. The molecule has 2 unspecified atom stereocenters. The van der Waals surface area contributed by atoms with Crippen molar-refractivity contribution in [2.75, 3.05) is 6.61 Å². The van der Waals surface area contributed by atoms with Crippen LogP contribution in [0.15, 0.2) is 0 Å². The van der Waals surface area contributed by atoms with E-state index in [0.717, 1.165) is 25.7 Å². The number of unbranched alkanes of at least 4 members (excludes halogenated alkanes) is 1. The molecule has 0 aromatic rings. The average molecular weight is 258 g/mol.